The average molecular weight is 421 g/mol. The second-order valence-corrected chi connectivity index (χ2v) is 10.3. The highest BCUT2D eigenvalue weighted by Crippen LogP contribution is 2.20. The Labute approximate surface area is 159 Å². The number of sulfonamides is 1. The molecule has 11 heteroatoms. The second kappa shape index (κ2) is 9.11. The summed E-state index contributed by atoms with van der Waals surface area (Å²) in [4.78, 5) is 12.9. The molecule has 0 saturated carbocycles. The van der Waals surface area contributed by atoms with Gasteiger partial charge in [-0.05, 0) is 17.7 Å². The Bertz CT molecular complexity index is 861. The number of methoxy groups -OCH3 is 1. The Morgan fingerprint density at radius 1 is 1.15 bits per heavy atom. The molecule has 1 N–H and O–H groups in total. The number of piperazine rings is 1. The molecule has 152 valence electrons. The number of amides is 1. The van der Waals surface area contributed by atoms with Gasteiger partial charge in [0.15, 0.2) is 9.84 Å². The van der Waals surface area contributed by atoms with E-state index in [-0.39, 0.29) is 49.2 Å². The molecule has 9 nitrogen and oxygen atoms in total. The van der Waals surface area contributed by atoms with Crippen molar-refractivity contribution in [3.63, 3.8) is 0 Å². The summed E-state index contributed by atoms with van der Waals surface area (Å²) >= 11 is 0. The molecule has 1 aromatic rings. The van der Waals surface area contributed by atoms with Crippen LogP contribution in [0.2, 0.25) is 0 Å². The predicted octanol–water partition coefficient (Wildman–Crippen LogP) is -0.927. The normalized spacial score (nSPS) is 16.4. The lowest BCUT2D eigenvalue weighted by molar-refractivity contribution is -0.135. The van der Waals surface area contributed by atoms with Crippen molar-refractivity contribution in [2.45, 2.75) is 10.6 Å². The molecule has 0 spiro atoms. The van der Waals surface area contributed by atoms with Gasteiger partial charge in [0, 0.05) is 33.3 Å². The second-order valence-electron chi connectivity index (χ2n) is 6.18. The zero-order valence-electron chi connectivity index (χ0n) is 15.1. The number of aliphatic hydroxyl groups is 1. The van der Waals surface area contributed by atoms with E-state index in [4.69, 9.17) is 9.84 Å². The van der Waals surface area contributed by atoms with E-state index in [2.05, 4.69) is 0 Å². The fraction of sp³-hybridized carbons (Fsp3) is 0.562. The van der Waals surface area contributed by atoms with E-state index in [1.54, 1.807) is 6.07 Å². The molecule has 1 saturated heterocycles. The molecule has 1 aliphatic heterocycles. The molecule has 27 heavy (non-hydrogen) atoms. The lowest BCUT2D eigenvalue weighted by Crippen LogP contribution is -2.51. The van der Waals surface area contributed by atoms with Gasteiger partial charge in [0.1, 0.15) is 6.61 Å². The van der Waals surface area contributed by atoms with E-state index in [1.807, 2.05) is 0 Å². The highest BCUT2D eigenvalue weighted by atomic mass is 32.2. The van der Waals surface area contributed by atoms with Crippen LogP contribution in [-0.2, 0) is 35.1 Å². The summed E-state index contributed by atoms with van der Waals surface area (Å²) < 4.78 is 55.8. The van der Waals surface area contributed by atoms with Crippen LogP contribution in [0.25, 0.3) is 0 Å². The number of aliphatic hydroxyl groups excluding tert-OH is 1. The first-order chi connectivity index (χ1) is 12.7. The van der Waals surface area contributed by atoms with Crippen molar-refractivity contribution in [3.05, 3.63) is 29.8 Å². The maximum atomic E-state index is 12.8. The van der Waals surface area contributed by atoms with Crippen molar-refractivity contribution >= 4 is 25.8 Å². The molecule has 1 fully saturated rings. The van der Waals surface area contributed by atoms with Crippen molar-refractivity contribution < 1.29 is 31.5 Å². The van der Waals surface area contributed by atoms with Gasteiger partial charge >= 0.3 is 0 Å². The zero-order chi connectivity index (χ0) is 20.1. The largest absolute Gasteiger partial charge is 0.387 e. The fourth-order valence-corrected chi connectivity index (χ4v) is 5.50. The monoisotopic (exact) mass is 420 g/mol. The van der Waals surface area contributed by atoms with E-state index < -0.39 is 32.4 Å². The number of nitrogens with zero attached hydrogens (tertiary/aromatic N) is 2. The van der Waals surface area contributed by atoms with Gasteiger partial charge in [0.2, 0.25) is 15.9 Å². The minimum Gasteiger partial charge on any atom is -0.387 e. The number of benzene rings is 1. The Morgan fingerprint density at radius 3 is 2.41 bits per heavy atom. The van der Waals surface area contributed by atoms with Crippen LogP contribution < -0.4 is 0 Å². The van der Waals surface area contributed by atoms with Crippen molar-refractivity contribution in [1.29, 1.82) is 0 Å². The maximum Gasteiger partial charge on any atom is 0.248 e. The summed E-state index contributed by atoms with van der Waals surface area (Å²) in [6.45, 7) is 0.103. The molecular formula is C16H24N2O7S2. The predicted molar refractivity (Wildman–Crippen MR) is 98.2 cm³/mol. The Morgan fingerprint density at radius 2 is 1.81 bits per heavy atom. The number of sulfone groups is 1. The lowest BCUT2D eigenvalue weighted by atomic mass is 10.2. The number of ether oxygens (including phenoxy) is 1. The van der Waals surface area contributed by atoms with E-state index in [1.165, 1.54) is 34.5 Å². The van der Waals surface area contributed by atoms with Crippen LogP contribution in [0.15, 0.2) is 29.2 Å². The topological polar surface area (TPSA) is 121 Å². The van der Waals surface area contributed by atoms with Crippen molar-refractivity contribution in [2.24, 2.45) is 0 Å². The molecule has 0 radical (unpaired) electrons. The quantitative estimate of drug-likeness (QED) is 0.577. The van der Waals surface area contributed by atoms with Gasteiger partial charge in [-0.2, -0.15) is 4.31 Å². The molecule has 1 aliphatic rings. The molecule has 1 amide bonds. The van der Waals surface area contributed by atoms with Crippen LogP contribution in [0.1, 0.15) is 5.56 Å². The van der Waals surface area contributed by atoms with Crippen LogP contribution >= 0.6 is 0 Å². The van der Waals surface area contributed by atoms with Gasteiger partial charge in [-0.15, -0.1) is 0 Å². The van der Waals surface area contributed by atoms with Crippen molar-refractivity contribution in [1.82, 2.24) is 9.21 Å². The van der Waals surface area contributed by atoms with Crippen molar-refractivity contribution in [2.75, 3.05) is 52.3 Å². The number of rotatable bonds is 8. The smallest absolute Gasteiger partial charge is 0.248 e. The Hall–Kier alpha value is -1.53. The Balaban J connectivity index is 2.12. The summed E-state index contributed by atoms with van der Waals surface area (Å²) in [6, 6.07) is 5.87. The summed E-state index contributed by atoms with van der Waals surface area (Å²) in [5.74, 6) is -0.838. The lowest BCUT2D eigenvalue weighted by Gasteiger charge is -2.33. The number of hydrogen-bond acceptors (Lipinski definition) is 7. The van der Waals surface area contributed by atoms with Gasteiger partial charge in [-0.1, -0.05) is 12.1 Å². The highest BCUT2D eigenvalue weighted by molar-refractivity contribution is 7.90. The molecule has 2 rings (SSSR count). The van der Waals surface area contributed by atoms with Crippen molar-refractivity contribution in [3.8, 4) is 0 Å². The van der Waals surface area contributed by atoms with E-state index in [0.29, 0.717) is 5.56 Å². The zero-order valence-corrected chi connectivity index (χ0v) is 16.7. The third kappa shape index (κ3) is 5.72. The summed E-state index contributed by atoms with van der Waals surface area (Å²) in [7, 11) is -5.79. The third-order valence-electron chi connectivity index (χ3n) is 4.25. The standard InChI is InChI=1S/C16H24N2O7S2/c1-25-9-10-26(21,22)13-14-3-2-4-15(11-14)27(23,24)18-7-5-17(6-8-18)16(20)12-19/h2-4,11,19H,5-10,12-13H2,1H3. The van der Waals surface area contributed by atoms with E-state index in [0.717, 1.165) is 0 Å². The molecule has 0 unspecified atom stereocenters. The summed E-state index contributed by atoms with van der Waals surface area (Å²) in [6.07, 6.45) is 0. The Kier molecular flexibility index (Phi) is 7.34. The van der Waals surface area contributed by atoms with Gasteiger partial charge < -0.3 is 14.7 Å². The third-order valence-corrected chi connectivity index (χ3v) is 7.70. The van der Waals surface area contributed by atoms with Crippen LogP contribution in [-0.4, -0.2) is 89.3 Å². The summed E-state index contributed by atoms with van der Waals surface area (Å²) in [5, 5.41) is 8.89. The fourth-order valence-electron chi connectivity index (χ4n) is 2.76. The molecule has 0 aliphatic carbocycles. The first-order valence-electron chi connectivity index (χ1n) is 8.36. The average Bonchev–Trinajstić information content (AvgIpc) is 2.65. The summed E-state index contributed by atoms with van der Waals surface area (Å²) in [5.41, 5.74) is 0.390. The number of carbonyl (C=O) groups excluding carboxylic acids is 1. The first kappa shape index (κ1) is 21.8. The molecule has 0 bridgehead atoms. The minimum absolute atomic E-state index is 0.0175. The highest BCUT2D eigenvalue weighted by Gasteiger charge is 2.30. The maximum absolute atomic E-state index is 12.8. The molecular weight excluding hydrogens is 396 g/mol. The SMILES string of the molecule is COCCS(=O)(=O)Cc1cccc(S(=O)(=O)N2CCN(C(=O)CO)CC2)c1. The van der Waals surface area contributed by atoms with E-state index >= 15 is 0 Å². The van der Waals surface area contributed by atoms with Gasteiger partial charge in [0.05, 0.1) is 23.0 Å². The minimum atomic E-state index is -3.80. The first-order valence-corrected chi connectivity index (χ1v) is 11.6. The molecule has 1 aromatic carbocycles. The van der Waals surface area contributed by atoms with Gasteiger partial charge in [-0.3, -0.25) is 4.79 Å². The number of carbonyl (C=O) groups is 1. The van der Waals surface area contributed by atoms with Crippen LogP contribution in [0.3, 0.4) is 0 Å². The molecule has 1 heterocycles. The van der Waals surface area contributed by atoms with Gasteiger partial charge in [0.25, 0.3) is 0 Å². The van der Waals surface area contributed by atoms with Gasteiger partial charge in [-0.25, -0.2) is 16.8 Å². The van der Waals surface area contributed by atoms with E-state index in [9.17, 15) is 21.6 Å². The molecule has 0 aromatic heterocycles. The molecule has 0 atom stereocenters. The number of hydrogen-bond donors (Lipinski definition) is 1. The van der Waals surface area contributed by atoms with Crippen LogP contribution in [0.5, 0.6) is 0 Å². The van der Waals surface area contributed by atoms with Crippen LogP contribution in [0.4, 0.5) is 0 Å². The van der Waals surface area contributed by atoms with Crippen LogP contribution in [0, 0.1) is 0 Å².